The number of anilines is 2. The van der Waals surface area contributed by atoms with Crippen molar-refractivity contribution in [3.8, 4) is 0 Å². The van der Waals surface area contributed by atoms with Crippen molar-refractivity contribution >= 4 is 35.4 Å². The molecule has 2 rings (SSSR count). The number of benzene rings is 2. The summed E-state index contributed by atoms with van der Waals surface area (Å²) in [5.41, 5.74) is 4.82. The molecule has 0 bridgehead atoms. The van der Waals surface area contributed by atoms with Gasteiger partial charge in [0.1, 0.15) is 0 Å². The van der Waals surface area contributed by atoms with Crippen LogP contribution in [0.4, 0.5) is 11.4 Å². The fourth-order valence-electron chi connectivity index (χ4n) is 2.67. The predicted molar refractivity (Wildman–Crippen MR) is 117 cm³/mol. The van der Waals surface area contributed by atoms with Gasteiger partial charge in [-0.05, 0) is 62.7 Å². The van der Waals surface area contributed by atoms with Gasteiger partial charge in [-0.25, -0.2) is 10.2 Å². The molecule has 30 heavy (non-hydrogen) atoms. The number of hydrogen-bond acceptors (Lipinski definition) is 6. The van der Waals surface area contributed by atoms with E-state index in [1.165, 1.54) is 30.5 Å². The van der Waals surface area contributed by atoms with Gasteiger partial charge < -0.3 is 15.0 Å². The molecule has 2 aromatic rings. The van der Waals surface area contributed by atoms with Crippen LogP contribution in [0.5, 0.6) is 0 Å². The SMILES string of the molecule is CCOC(=O)c1ccc(NC(=O)C(=O)N/N=C\c2ccc(N(CC)CC)cc2)cc1. The molecule has 0 spiro atoms. The second-order valence-electron chi connectivity index (χ2n) is 6.21. The van der Waals surface area contributed by atoms with Crippen LogP contribution in [-0.4, -0.2) is 43.7 Å². The lowest BCUT2D eigenvalue weighted by Gasteiger charge is -2.20. The molecule has 0 aliphatic carbocycles. The predicted octanol–water partition coefficient (Wildman–Crippen LogP) is 2.80. The van der Waals surface area contributed by atoms with Gasteiger partial charge in [-0.2, -0.15) is 5.10 Å². The number of nitrogens with zero attached hydrogens (tertiary/aromatic N) is 2. The van der Waals surface area contributed by atoms with Gasteiger partial charge in [-0.3, -0.25) is 9.59 Å². The number of hydrazone groups is 1. The zero-order chi connectivity index (χ0) is 21.9. The minimum Gasteiger partial charge on any atom is -0.462 e. The van der Waals surface area contributed by atoms with Crippen LogP contribution in [-0.2, 0) is 14.3 Å². The van der Waals surface area contributed by atoms with Crippen LogP contribution in [0, 0.1) is 0 Å². The molecule has 0 atom stereocenters. The van der Waals surface area contributed by atoms with Gasteiger partial charge >= 0.3 is 17.8 Å². The Hall–Kier alpha value is -3.68. The van der Waals surface area contributed by atoms with E-state index in [2.05, 4.69) is 34.6 Å². The number of rotatable bonds is 8. The van der Waals surface area contributed by atoms with Gasteiger partial charge in [0, 0.05) is 24.5 Å². The lowest BCUT2D eigenvalue weighted by Crippen LogP contribution is -2.32. The number of nitrogens with one attached hydrogen (secondary N) is 2. The molecule has 8 nitrogen and oxygen atoms in total. The molecule has 2 N–H and O–H groups in total. The lowest BCUT2D eigenvalue weighted by atomic mass is 10.2. The second-order valence-corrected chi connectivity index (χ2v) is 6.21. The van der Waals surface area contributed by atoms with E-state index in [1.54, 1.807) is 6.92 Å². The summed E-state index contributed by atoms with van der Waals surface area (Å²) in [6, 6.07) is 13.8. The van der Waals surface area contributed by atoms with Crippen LogP contribution >= 0.6 is 0 Å². The van der Waals surface area contributed by atoms with Crippen molar-refractivity contribution in [2.24, 2.45) is 5.10 Å². The number of amides is 2. The van der Waals surface area contributed by atoms with Crippen molar-refractivity contribution in [2.75, 3.05) is 29.9 Å². The molecular weight excluding hydrogens is 384 g/mol. The van der Waals surface area contributed by atoms with Crippen molar-refractivity contribution < 1.29 is 19.1 Å². The summed E-state index contributed by atoms with van der Waals surface area (Å²) in [5.74, 6) is -2.22. The minimum absolute atomic E-state index is 0.276. The minimum atomic E-state index is -0.902. The van der Waals surface area contributed by atoms with E-state index in [0.29, 0.717) is 11.3 Å². The summed E-state index contributed by atoms with van der Waals surface area (Å²) in [6.45, 7) is 8.01. The molecule has 0 saturated heterocycles. The van der Waals surface area contributed by atoms with Gasteiger partial charge in [0.15, 0.2) is 0 Å². The molecule has 0 unspecified atom stereocenters. The second kappa shape index (κ2) is 11.4. The Kier molecular flexibility index (Phi) is 8.56. The van der Waals surface area contributed by atoms with Crippen molar-refractivity contribution in [3.63, 3.8) is 0 Å². The number of esters is 1. The van der Waals surface area contributed by atoms with E-state index in [4.69, 9.17) is 4.74 Å². The first-order chi connectivity index (χ1) is 14.5. The van der Waals surface area contributed by atoms with Crippen LogP contribution in [0.3, 0.4) is 0 Å². The van der Waals surface area contributed by atoms with Crippen LogP contribution in [0.25, 0.3) is 0 Å². The van der Waals surface area contributed by atoms with Crippen molar-refractivity contribution in [2.45, 2.75) is 20.8 Å². The average Bonchev–Trinajstić information content (AvgIpc) is 2.76. The van der Waals surface area contributed by atoms with Crippen molar-refractivity contribution in [3.05, 3.63) is 59.7 Å². The van der Waals surface area contributed by atoms with E-state index in [-0.39, 0.29) is 6.61 Å². The van der Waals surface area contributed by atoms with E-state index in [9.17, 15) is 14.4 Å². The third kappa shape index (κ3) is 6.44. The van der Waals surface area contributed by atoms with E-state index < -0.39 is 17.8 Å². The smallest absolute Gasteiger partial charge is 0.338 e. The third-order valence-electron chi connectivity index (χ3n) is 4.26. The summed E-state index contributed by atoms with van der Waals surface area (Å²) < 4.78 is 4.89. The number of carbonyl (C=O) groups excluding carboxylic acids is 3. The maximum atomic E-state index is 12.0. The molecule has 2 amide bonds. The summed E-state index contributed by atoms with van der Waals surface area (Å²) in [6.07, 6.45) is 1.46. The van der Waals surface area contributed by atoms with Gasteiger partial charge in [-0.15, -0.1) is 0 Å². The highest BCUT2D eigenvalue weighted by Crippen LogP contribution is 2.14. The highest BCUT2D eigenvalue weighted by Gasteiger charge is 2.13. The summed E-state index contributed by atoms with van der Waals surface area (Å²) in [7, 11) is 0. The molecule has 0 radical (unpaired) electrons. The molecule has 8 heteroatoms. The largest absolute Gasteiger partial charge is 0.462 e. The Labute approximate surface area is 175 Å². The van der Waals surface area contributed by atoms with E-state index in [1.807, 2.05) is 24.3 Å². The topological polar surface area (TPSA) is 100 Å². The summed E-state index contributed by atoms with van der Waals surface area (Å²) >= 11 is 0. The van der Waals surface area contributed by atoms with Crippen molar-refractivity contribution in [1.29, 1.82) is 0 Å². The number of ether oxygens (including phenoxy) is 1. The third-order valence-corrected chi connectivity index (χ3v) is 4.26. The lowest BCUT2D eigenvalue weighted by molar-refractivity contribution is -0.136. The summed E-state index contributed by atoms with van der Waals surface area (Å²) in [5, 5.41) is 6.26. The molecule has 158 valence electrons. The standard InChI is InChI=1S/C22H26N4O4/c1-4-26(5-2)19-13-7-16(8-14-19)15-23-25-21(28)20(27)24-18-11-9-17(10-12-18)22(29)30-6-3/h7-15H,4-6H2,1-3H3,(H,24,27)(H,25,28)/b23-15-. The fourth-order valence-corrected chi connectivity index (χ4v) is 2.67. The number of hydrogen-bond donors (Lipinski definition) is 2. The Balaban J connectivity index is 1.87. The maximum Gasteiger partial charge on any atom is 0.338 e. The average molecular weight is 410 g/mol. The first-order valence-corrected chi connectivity index (χ1v) is 9.75. The van der Waals surface area contributed by atoms with E-state index in [0.717, 1.165) is 24.3 Å². The van der Waals surface area contributed by atoms with Gasteiger partial charge in [0.2, 0.25) is 0 Å². The molecule has 0 heterocycles. The Bertz CT molecular complexity index is 888. The van der Waals surface area contributed by atoms with Gasteiger partial charge in [0.05, 0.1) is 18.4 Å². The molecule has 0 aliphatic rings. The molecule has 0 aromatic heterocycles. The zero-order valence-corrected chi connectivity index (χ0v) is 17.3. The van der Waals surface area contributed by atoms with Gasteiger partial charge in [-0.1, -0.05) is 12.1 Å². The molecule has 0 aliphatic heterocycles. The number of carbonyl (C=O) groups is 3. The highest BCUT2D eigenvalue weighted by atomic mass is 16.5. The fraction of sp³-hybridized carbons (Fsp3) is 0.273. The van der Waals surface area contributed by atoms with Crippen molar-refractivity contribution in [1.82, 2.24) is 5.43 Å². The molecular formula is C22H26N4O4. The Morgan fingerprint density at radius 1 is 0.933 bits per heavy atom. The first-order valence-electron chi connectivity index (χ1n) is 9.75. The first kappa shape index (κ1) is 22.6. The highest BCUT2D eigenvalue weighted by molar-refractivity contribution is 6.39. The monoisotopic (exact) mass is 410 g/mol. The molecule has 2 aromatic carbocycles. The van der Waals surface area contributed by atoms with Gasteiger partial charge in [0.25, 0.3) is 0 Å². The summed E-state index contributed by atoms with van der Waals surface area (Å²) in [4.78, 5) is 37.7. The quantitative estimate of drug-likeness (QED) is 0.302. The normalized spacial score (nSPS) is 10.5. The van der Waals surface area contributed by atoms with Crippen LogP contribution in [0.15, 0.2) is 53.6 Å². The van der Waals surface area contributed by atoms with Crippen LogP contribution in [0.2, 0.25) is 0 Å². The zero-order valence-electron chi connectivity index (χ0n) is 17.3. The molecule has 0 fully saturated rings. The molecule has 0 saturated carbocycles. The van der Waals surface area contributed by atoms with Crippen LogP contribution < -0.4 is 15.6 Å². The van der Waals surface area contributed by atoms with Crippen LogP contribution in [0.1, 0.15) is 36.7 Å². The Morgan fingerprint density at radius 3 is 2.13 bits per heavy atom. The maximum absolute atomic E-state index is 12.0. The van der Waals surface area contributed by atoms with E-state index >= 15 is 0 Å². The Morgan fingerprint density at radius 2 is 1.57 bits per heavy atom.